The highest BCUT2D eigenvalue weighted by atomic mass is 79.9. The molecule has 3 atom stereocenters. The summed E-state index contributed by atoms with van der Waals surface area (Å²) in [6.07, 6.45) is 1.94. The van der Waals surface area contributed by atoms with Crippen molar-refractivity contribution < 1.29 is 13.2 Å². The minimum atomic E-state index is -3.64. The molecule has 4 N–H and O–H groups in total. The van der Waals surface area contributed by atoms with Crippen molar-refractivity contribution in [1.29, 1.82) is 0 Å². The lowest BCUT2D eigenvalue weighted by Crippen LogP contribution is -2.33. The highest BCUT2D eigenvalue weighted by Crippen LogP contribution is 2.39. The van der Waals surface area contributed by atoms with Crippen LogP contribution in [0.5, 0.6) is 0 Å². The Bertz CT molecular complexity index is 722. The van der Waals surface area contributed by atoms with Crippen LogP contribution in [0.25, 0.3) is 0 Å². The molecule has 6 nitrogen and oxygen atoms in total. The second-order valence-corrected chi connectivity index (χ2v) is 8.88. The van der Waals surface area contributed by atoms with Crippen LogP contribution in [0.2, 0.25) is 0 Å². The van der Waals surface area contributed by atoms with E-state index in [1.807, 2.05) is 0 Å². The molecule has 1 aromatic rings. The molecule has 0 spiro atoms. The summed E-state index contributed by atoms with van der Waals surface area (Å²) in [7, 11) is -3.64. The van der Waals surface area contributed by atoms with Crippen LogP contribution in [0.15, 0.2) is 27.6 Å². The van der Waals surface area contributed by atoms with Gasteiger partial charge in [-0.3, -0.25) is 4.79 Å². The molecule has 8 heteroatoms. The summed E-state index contributed by atoms with van der Waals surface area (Å²) in [5, 5.41) is 0. The Balaban J connectivity index is 1.93. The quantitative estimate of drug-likeness (QED) is 0.803. The predicted molar refractivity (Wildman–Crippen MR) is 85.6 cm³/mol. The summed E-state index contributed by atoms with van der Waals surface area (Å²) in [4.78, 5) is 11.4. The molecule has 1 saturated carbocycles. The number of primary amides is 1. The van der Waals surface area contributed by atoms with Crippen LogP contribution >= 0.6 is 15.9 Å². The Kier molecular flexibility index (Phi) is 4.05. The number of fused-ring (bicyclic) bond motifs is 1. The molecule has 0 aromatic heterocycles. The number of nitrogens with two attached hydrogens (primary N) is 2. The Morgan fingerprint density at radius 1 is 1.23 bits per heavy atom. The number of benzene rings is 1. The number of hydrogen-bond donors (Lipinski definition) is 2. The lowest BCUT2D eigenvalue weighted by molar-refractivity contribution is 0.1000. The van der Waals surface area contributed by atoms with Gasteiger partial charge in [-0.25, -0.2) is 8.42 Å². The minimum absolute atomic E-state index is 0.0777. The Labute approximate surface area is 138 Å². The van der Waals surface area contributed by atoms with Crippen LogP contribution in [0, 0.1) is 11.8 Å². The van der Waals surface area contributed by atoms with Crippen molar-refractivity contribution in [3.05, 3.63) is 28.2 Å². The zero-order chi connectivity index (χ0) is 16.1. The lowest BCUT2D eigenvalue weighted by Gasteiger charge is -2.19. The molecule has 120 valence electrons. The van der Waals surface area contributed by atoms with Gasteiger partial charge in [0.25, 0.3) is 0 Å². The zero-order valence-corrected chi connectivity index (χ0v) is 14.3. The molecule has 1 aliphatic carbocycles. The fourth-order valence-corrected chi connectivity index (χ4v) is 5.72. The third-order valence-corrected chi connectivity index (χ3v) is 6.94. The molecule has 2 fully saturated rings. The predicted octanol–water partition coefficient (Wildman–Crippen LogP) is 0.906. The SMILES string of the molecule is NC(=O)c1cc(Br)cc(S(=O)(=O)N2CC3CCC(N)C3C2)c1. The van der Waals surface area contributed by atoms with Crippen LogP contribution in [0.3, 0.4) is 0 Å². The number of nitrogens with zero attached hydrogens (tertiary/aromatic N) is 1. The maximum absolute atomic E-state index is 12.8. The van der Waals surface area contributed by atoms with Gasteiger partial charge in [0.05, 0.1) is 4.90 Å². The fraction of sp³-hybridized carbons (Fsp3) is 0.500. The van der Waals surface area contributed by atoms with Gasteiger partial charge in [-0.05, 0) is 42.9 Å². The first-order chi connectivity index (χ1) is 10.3. The maximum atomic E-state index is 12.8. The number of rotatable bonds is 3. The zero-order valence-electron chi connectivity index (χ0n) is 11.9. The molecule has 3 rings (SSSR count). The van der Waals surface area contributed by atoms with Gasteiger partial charge in [-0.1, -0.05) is 15.9 Å². The first kappa shape index (κ1) is 15.9. The molecule has 1 amide bonds. The van der Waals surface area contributed by atoms with E-state index >= 15 is 0 Å². The molecular weight excluding hydrogens is 370 g/mol. The van der Waals surface area contributed by atoms with E-state index in [9.17, 15) is 13.2 Å². The van der Waals surface area contributed by atoms with E-state index < -0.39 is 15.9 Å². The van der Waals surface area contributed by atoms with Gasteiger partial charge in [-0.2, -0.15) is 4.31 Å². The molecule has 1 saturated heterocycles. The summed E-state index contributed by atoms with van der Waals surface area (Å²) in [5.74, 6) is -0.0804. The molecular formula is C14H18BrN3O3S. The van der Waals surface area contributed by atoms with E-state index in [2.05, 4.69) is 15.9 Å². The molecule has 0 radical (unpaired) electrons. The summed E-state index contributed by atoms with van der Waals surface area (Å²) in [5.41, 5.74) is 11.5. The van der Waals surface area contributed by atoms with Crippen molar-refractivity contribution in [2.24, 2.45) is 23.3 Å². The van der Waals surface area contributed by atoms with E-state index in [0.29, 0.717) is 23.5 Å². The number of hydrogen-bond acceptors (Lipinski definition) is 4. The fourth-order valence-electron chi connectivity index (χ4n) is 3.47. The van der Waals surface area contributed by atoms with Crippen molar-refractivity contribution >= 4 is 31.9 Å². The number of amides is 1. The maximum Gasteiger partial charge on any atom is 0.248 e. The van der Waals surface area contributed by atoms with E-state index in [-0.39, 0.29) is 22.4 Å². The summed E-state index contributed by atoms with van der Waals surface area (Å²) >= 11 is 3.23. The van der Waals surface area contributed by atoms with Gasteiger partial charge < -0.3 is 11.5 Å². The van der Waals surface area contributed by atoms with Crippen LogP contribution < -0.4 is 11.5 Å². The average molecular weight is 388 g/mol. The van der Waals surface area contributed by atoms with Crippen LogP contribution in [-0.4, -0.2) is 37.8 Å². The van der Waals surface area contributed by atoms with Crippen molar-refractivity contribution in [2.45, 2.75) is 23.8 Å². The molecule has 2 aliphatic rings. The first-order valence-electron chi connectivity index (χ1n) is 7.15. The van der Waals surface area contributed by atoms with E-state index in [1.165, 1.54) is 22.5 Å². The normalized spacial score (nSPS) is 28.7. The smallest absolute Gasteiger partial charge is 0.248 e. The van der Waals surface area contributed by atoms with Crippen molar-refractivity contribution in [3.8, 4) is 0 Å². The van der Waals surface area contributed by atoms with Crippen LogP contribution in [-0.2, 0) is 10.0 Å². The second kappa shape index (κ2) is 5.59. The standard InChI is InChI=1S/C14H18BrN3O3S/c15-10-3-9(14(17)19)4-11(5-10)22(20,21)18-6-8-1-2-13(16)12(8)7-18/h3-5,8,12-13H,1-2,6-7,16H2,(H2,17,19). The summed E-state index contributed by atoms with van der Waals surface area (Å²) in [6.45, 7) is 0.950. The lowest BCUT2D eigenvalue weighted by atomic mass is 9.98. The largest absolute Gasteiger partial charge is 0.366 e. The molecule has 3 unspecified atom stereocenters. The van der Waals surface area contributed by atoms with E-state index in [4.69, 9.17) is 11.5 Å². The molecule has 1 aliphatic heterocycles. The van der Waals surface area contributed by atoms with Crippen molar-refractivity contribution in [1.82, 2.24) is 4.31 Å². The molecule has 0 bridgehead atoms. The third-order valence-electron chi connectivity index (χ3n) is 4.67. The first-order valence-corrected chi connectivity index (χ1v) is 9.38. The third kappa shape index (κ3) is 2.68. The van der Waals surface area contributed by atoms with E-state index in [1.54, 1.807) is 0 Å². The van der Waals surface area contributed by atoms with E-state index in [0.717, 1.165) is 12.8 Å². The highest BCUT2D eigenvalue weighted by Gasteiger charge is 2.45. The van der Waals surface area contributed by atoms with Crippen LogP contribution in [0.1, 0.15) is 23.2 Å². The van der Waals surface area contributed by atoms with Gasteiger partial charge >= 0.3 is 0 Å². The van der Waals surface area contributed by atoms with Crippen LogP contribution in [0.4, 0.5) is 0 Å². The molecule has 1 aromatic carbocycles. The van der Waals surface area contributed by atoms with Crippen molar-refractivity contribution in [3.63, 3.8) is 0 Å². The van der Waals surface area contributed by atoms with Gasteiger partial charge in [0.2, 0.25) is 15.9 Å². The van der Waals surface area contributed by atoms with Gasteiger partial charge in [0.1, 0.15) is 0 Å². The average Bonchev–Trinajstić information content (AvgIpc) is 3.01. The summed E-state index contributed by atoms with van der Waals surface area (Å²) in [6, 6.07) is 4.41. The molecule has 22 heavy (non-hydrogen) atoms. The number of sulfonamides is 1. The Hall–Kier alpha value is -0.960. The van der Waals surface area contributed by atoms with Gasteiger partial charge in [0, 0.05) is 29.2 Å². The molecule has 1 heterocycles. The number of carbonyl (C=O) groups is 1. The van der Waals surface area contributed by atoms with Gasteiger partial charge in [-0.15, -0.1) is 0 Å². The highest BCUT2D eigenvalue weighted by molar-refractivity contribution is 9.10. The number of halogens is 1. The number of carbonyl (C=O) groups excluding carboxylic acids is 1. The van der Waals surface area contributed by atoms with Crippen molar-refractivity contribution in [2.75, 3.05) is 13.1 Å². The Morgan fingerprint density at radius 2 is 1.95 bits per heavy atom. The van der Waals surface area contributed by atoms with Gasteiger partial charge in [0.15, 0.2) is 0 Å². The second-order valence-electron chi connectivity index (χ2n) is 6.03. The monoisotopic (exact) mass is 387 g/mol. The summed E-state index contributed by atoms with van der Waals surface area (Å²) < 4.78 is 27.6. The Morgan fingerprint density at radius 3 is 2.59 bits per heavy atom. The topological polar surface area (TPSA) is 106 Å². The minimum Gasteiger partial charge on any atom is -0.366 e.